The lowest BCUT2D eigenvalue weighted by Crippen LogP contribution is -2.15. The van der Waals surface area contributed by atoms with Crippen LogP contribution in [0.2, 0.25) is 0 Å². The third-order valence-electron chi connectivity index (χ3n) is 1.98. The molecule has 2 rings (SSSR count). The van der Waals surface area contributed by atoms with Gasteiger partial charge in [0, 0.05) is 18.2 Å². The van der Waals surface area contributed by atoms with Crippen molar-refractivity contribution in [2.24, 2.45) is 0 Å². The van der Waals surface area contributed by atoms with Crippen molar-refractivity contribution in [3.63, 3.8) is 0 Å². The number of nitrogens with one attached hydrogen (secondary N) is 1. The summed E-state index contributed by atoms with van der Waals surface area (Å²) in [7, 11) is 0. The first-order valence-corrected chi connectivity index (χ1v) is 4.26. The van der Waals surface area contributed by atoms with Crippen LogP contribution in [0.1, 0.15) is 25.5 Å². The summed E-state index contributed by atoms with van der Waals surface area (Å²) in [5, 5.41) is 7.09. The molecule has 1 N–H and O–H groups in total. The monoisotopic (exact) mass is 177 g/mol. The fraction of sp³-hybridized carbons (Fsp3) is 0.333. The quantitative estimate of drug-likeness (QED) is 0.710. The van der Waals surface area contributed by atoms with Gasteiger partial charge in [0.1, 0.15) is 5.69 Å². The zero-order valence-corrected chi connectivity index (χ0v) is 7.61. The molecule has 0 aliphatic carbocycles. The average molecular weight is 177 g/mol. The predicted octanol–water partition coefficient (Wildman–Crippen LogP) is 1.15. The van der Waals surface area contributed by atoms with E-state index in [4.69, 9.17) is 0 Å². The smallest absolute Gasteiger partial charge is 0.204 e. The van der Waals surface area contributed by atoms with Gasteiger partial charge in [-0.3, -0.25) is 9.89 Å². The lowest BCUT2D eigenvalue weighted by molar-refractivity contribution is 0.707. The molecule has 68 valence electrons. The molecule has 4 nitrogen and oxygen atoms in total. The molecule has 0 aliphatic heterocycles. The van der Waals surface area contributed by atoms with Crippen LogP contribution in [0.4, 0.5) is 0 Å². The fourth-order valence-corrected chi connectivity index (χ4v) is 1.30. The van der Waals surface area contributed by atoms with E-state index in [-0.39, 0.29) is 11.3 Å². The molecule has 4 heteroatoms. The lowest BCUT2D eigenvalue weighted by atomic mass is 10.1. The molecular formula is C9H11N3O. The Morgan fingerprint density at radius 3 is 3.00 bits per heavy atom. The van der Waals surface area contributed by atoms with Crippen molar-refractivity contribution in [1.82, 2.24) is 14.8 Å². The van der Waals surface area contributed by atoms with Crippen LogP contribution in [-0.2, 0) is 0 Å². The molecule has 2 aromatic rings. The molecule has 0 saturated heterocycles. The highest BCUT2D eigenvalue weighted by Crippen LogP contribution is 2.06. The second-order valence-electron chi connectivity index (χ2n) is 3.35. The first-order valence-electron chi connectivity index (χ1n) is 4.26. The van der Waals surface area contributed by atoms with E-state index in [0.29, 0.717) is 5.69 Å². The minimum atomic E-state index is 0.00889. The van der Waals surface area contributed by atoms with Crippen molar-refractivity contribution < 1.29 is 0 Å². The Kier molecular flexibility index (Phi) is 1.69. The van der Waals surface area contributed by atoms with Crippen LogP contribution in [0.25, 0.3) is 5.52 Å². The van der Waals surface area contributed by atoms with Crippen molar-refractivity contribution in [2.45, 2.75) is 19.8 Å². The Labute approximate surface area is 75.2 Å². The minimum Gasteiger partial charge on any atom is -0.288 e. The van der Waals surface area contributed by atoms with Crippen molar-refractivity contribution in [3.8, 4) is 0 Å². The number of hydrogen-bond donors (Lipinski definition) is 1. The second kappa shape index (κ2) is 2.73. The maximum Gasteiger partial charge on any atom is 0.204 e. The number of hydrogen-bond acceptors (Lipinski definition) is 2. The molecule has 13 heavy (non-hydrogen) atoms. The maximum atomic E-state index is 11.5. The Balaban J connectivity index is 2.77. The highest BCUT2D eigenvalue weighted by molar-refractivity contribution is 5.43. The largest absolute Gasteiger partial charge is 0.288 e. The molecule has 0 amide bonds. The van der Waals surface area contributed by atoms with Crippen LogP contribution in [0.5, 0.6) is 0 Å². The number of H-pyrrole nitrogens is 1. The molecule has 0 aliphatic rings. The first kappa shape index (κ1) is 8.04. The molecular weight excluding hydrogens is 166 g/mol. The molecule has 0 bridgehead atoms. The van der Waals surface area contributed by atoms with E-state index in [2.05, 4.69) is 10.2 Å². The van der Waals surface area contributed by atoms with E-state index in [9.17, 15) is 4.79 Å². The average Bonchev–Trinajstić information content (AvgIpc) is 2.48. The van der Waals surface area contributed by atoms with E-state index >= 15 is 0 Å². The summed E-state index contributed by atoms with van der Waals surface area (Å²) < 4.78 is 1.61. The summed E-state index contributed by atoms with van der Waals surface area (Å²) in [4.78, 5) is 11.5. The molecule has 0 atom stereocenters. The van der Waals surface area contributed by atoms with Crippen LogP contribution in [0.15, 0.2) is 23.1 Å². The summed E-state index contributed by atoms with van der Waals surface area (Å²) in [6, 6.07) is 3.41. The number of fused-ring (bicyclic) bond motifs is 1. The van der Waals surface area contributed by atoms with Gasteiger partial charge in [0.05, 0.1) is 5.52 Å². The first-order chi connectivity index (χ1) is 6.18. The van der Waals surface area contributed by atoms with Gasteiger partial charge in [0.25, 0.3) is 0 Å². The van der Waals surface area contributed by atoms with Crippen LogP contribution in [0, 0.1) is 0 Å². The van der Waals surface area contributed by atoms with E-state index in [0.717, 1.165) is 5.52 Å². The van der Waals surface area contributed by atoms with Crippen molar-refractivity contribution >= 4 is 5.52 Å². The normalized spacial score (nSPS) is 11.3. The fourth-order valence-electron chi connectivity index (χ4n) is 1.30. The van der Waals surface area contributed by atoms with Gasteiger partial charge in [-0.1, -0.05) is 13.8 Å². The Morgan fingerprint density at radius 1 is 1.54 bits per heavy atom. The van der Waals surface area contributed by atoms with E-state index < -0.39 is 0 Å². The highest BCUT2D eigenvalue weighted by Gasteiger charge is 2.07. The summed E-state index contributed by atoms with van der Waals surface area (Å²) in [6.07, 6.45) is 1.76. The van der Waals surface area contributed by atoms with Gasteiger partial charge in [0.15, 0.2) is 0 Å². The molecule has 0 aromatic carbocycles. The highest BCUT2D eigenvalue weighted by atomic mass is 16.1. The maximum absolute atomic E-state index is 11.5. The molecule has 2 aromatic heterocycles. The van der Waals surface area contributed by atoms with E-state index in [1.165, 1.54) is 0 Å². The Morgan fingerprint density at radius 2 is 2.31 bits per heavy atom. The number of aromatic amines is 1. The van der Waals surface area contributed by atoms with Gasteiger partial charge in [-0.25, -0.2) is 0 Å². The molecule has 0 saturated carbocycles. The van der Waals surface area contributed by atoms with Crippen molar-refractivity contribution in [3.05, 3.63) is 34.2 Å². The van der Waals surface area contributed by atoms with E-state index in [1.54, 1.807) is 16.9 Å². The van der Waals surface area contributed by atoms with Gasteiger partial charge >= 0.3 is 0 Å². The van der Waals surface area contributed by atoms with Crippen LogP contribution >= 0.6 is 0 Å². The predicted molar refractivity (Wildman–Crippen MR) is 49.9 cm³/mol. The molecule has 0 radical (unpaired) electrons. The summed E-state index contributed by atoms with van der Waals surface area (Å²) in [6.45, 7) is 3.91. The van der Waals surface area contributed by atoms with Crippen molar-refractivity contribution in [1.29, 1.82) is 0 Å². The van der Waals surface area contributed by atoms with Gasteiger partial charge < -0.3 is 0 Å². The molecule has 0 fully saturated rings. The lowest BCUT2D eigenvalue weighted by Gasteiger charge is -2.02. The molecule has 2 heterocycles. The zero-order chi connectivity index (χ0) is 9.42. The topological polar surface area (TPSA) is 50.2 Å². The Hall–Kier alpha value is -1.58. The number of aromatic nitrogens is 3. The second-order valence-corrected chi connectivity index (χ2v) is 3.35. The third-order valence-corrected chi connectivity index (χ3v) is 1.98. The minimum absolute atomic E-state index is 0.00889. The number of nitrogens with zero attached hydrogens (tertiary/aromatic N) is 2. The van der Waals surface area contributed by atoms with Crippen LogP contribution < -0.4 is 5.43 Å². The summed E-state index contributed by atoms with van der Waals surface area (Å²) >= 11 is 0. The SMILES string of the molecule is CC(C)c1nn2[nH]ccc2cc1=O. The van der Waals surface area contributed by atoms with E-state index in [1.807, 2.05) is 19.9 Å². The standard InChI is InChI=1S/C9H11N3O/c1-6(2)9-8(13)5-7-3-4-10-12(7)11-9/h3-6,10H,1-2H3. The van der Waals surface area contributed by atoms with Crippen LogP contribution in [-0.4, -0.2) is 14.8 Å². The number of rotatable bonds is 1. The Bertz CT molecular complexity index is 481. The summed E-state index contributed by atoms with van der Waals surface area (Å²) in [5.74, 6) is 0.160. The van der Waals surface area contributed by atoms with Gasteiger partial charge in [-0.15, -0.1) is 0 Å². The van der Waals surface area contributed by atoms with Crippen LogP contribution in [0.3, 0.4) is 0 Å². The zero-order valence-electron chi connectivity index (χ0n) is 7.61. The van der Waals surface area contributed by atoms with Gasteiger partial charge in [0.2, 0.25) is 5.43 Å². The molecule has 0 spiro atoms. The van der Waals surface area contributed by atoms with Gasteiger partial charge in [-0.05, 0) is 6.07 Å². The third kappa shape index (κ3) is 1.24. The summed E-state index contributed by atoms with van der Waals surface area (Å²) in [5.41, 5.74) is 1.41. The molecule has 0 unspecified atom stereocenters. The van der Waals surface area contributed by atoms with Gasteiger partial charge in [-0.2, -0.15) is 9.73 Å². The van der Waals surface area contributed by atoms with Crippen molar-refractivity contribution in [2.75, 3.05) is 0 Å².